The Morgan fingerprint density at radius 3 is 2.89 bits per heavy atom. The highest BCUT2D eigenvalue weighted by Crippen LogP contribution is 2.28. The lowest BCUT2D eigenvalue weighted by molar-refractivity contribution is 0.155. The average molecular weight is 253 g/mol. The van der Waals surface area contributed by atoms with E-state index in [0.717, 1.165) is 12.2 Å². The maximum absolute atomic E-state index is 9.98. The van der Waals surface area contributed by atoms with Gasteiger partial charge in [-0.2, -0.15) is 5.10 Å². The molecule has 0 aliphatic heterocycles. The Hall–Kier alpha value is -1.23. The van der Waals surface area contributed by atoms with Crippen LogP contribution >= 0.6 is 0 Å². The number of aryl methyl sites for hydroxylation is 1. The fourth-order valence-electron chi connectivity index (χ4n) is 2.66. The van der Waals surface area contributed by atoms with Crippen LogP contribution in [0.2, 0.25) is 0 Å². The third kappa shape index (κ3) is 3.38. The number of rotatable bonds is 6. The van der Waals surface area contributed by atoms with Gasteiger partial charge in [-0.3, -0.25) is 0 Å². The fourth-order valence-corrected chi connectivity index (χ4v) is 2.66. The van der Waals surface area contributed by atoms with Crippen molar-refractivity contribution in [3.05, 3.63) is 6.07 Å². The molecule has 1 aliphatic carbocycles. The molecule has 2 N–H and O–H groups in total. The summed E-state index contributed by atoms with van der Waals surface area (Å²) in [5.41, 5.74) is 0. The number of hydrogen-bond donors (Lipinski definition) is 2. The Morgan fingerprint density at radius 2 is 2.28 bits per heavy atom. The summed E-state index contributed by atoms with van der Waals surface area (Å²) >= 11 is 0. The predicted molar refractivity (Wildman–Crippen MR) is 70.8 cm³/mol. The first-order valence-corrected chi connectivity index (χ1v) is 6.69. The van der Waals surface area contributed by atoms with E-state index in [1.165, 1.54) is 25.7 Å². The van der Waals surface area contributed by atoms with Crippen molar-refractivity contribution in [1.29, 1.82) is 0 Å². The van der Waals surface area contributed by atoms with Gasteiger partial charge in [0, 0.05) is 19.7 Å². The topological polar surface area (TPSA) is 59.3 Å². The number of hydrogen-bond acceptors (Lipinski definition) is 4. The van der Waals surface area contributed by atoms with Gasteiger partial charge in [-0.15, -0.1) is 0 Å². The molecule has 1 atom stereocenters. The molecule has 1 saturated carbocycles. The van der Waals surface area contributed by atoms with Crippen molar-refractivity contribution in [2.45, 2.75) is 38.2 Å². The molecular formula is C13H23N3O2. The van der Waals surface area contributed by atoms with Crippen LogP contribution in [0.25, 0.3) is 0 Å². The van der Waals surface area contributed by atoms with Crippen LogP contribution in [0.1, 0.15) is 32.1 Å². The molecule has 1 unspecified atom stereocenters. The van der Waals surface area contributed by atoms with Crippen molar-refractivity contribution in [2.75, 3.05) is 19.0 Å². The minimum atomic E-state index is -0.291. The maximum Gasteiger partial charge on any atom is 0.213 e. The van der Waals surface area contributed by atoms with Crippen LogP contribution in [0.5, 0.6) is 5.88 Å². The Bertz CT molecular complexity index is 372. The molecule has 0 spiro atoms. The summed E-state index contributed by atoms with van der Waals surface area (Å²) in [6.45, 7) is 0.552. The van der Waals surface area contributed by atoms with Crippen LogP contribution in [0.4, 0.5) is 5.82 Å². The van der Waals surface area contributed by atoms with E-state index >= 15 is 0 Å². The normalized spacial score (nSPS) is 17.9. The van der Waals surface area contributed by atoms with Crippen molar-refractivity contribution in [1.82, 2.24) is 9.78 Å². The van der Waals surface area contributed by atoms with Gasteiger partial charge >= 0.3 is 0 Å². The van der Waals surface area contributed by atoms with E-state index < -0.39 is 0 Å². The molecule has 1 heterocycles. The van der Waals surface area contributed by atoms with Gasteiger partial charge in [0.05, 0.1) is 13.2 Å². The molecule has 1 aliphatic rings. The molecule has 18 heavy (non-hydrogen) atoms. The van der Waals surface area contributed by atoms with E-state index in [2.05, 4.69) is 10.4 Å². The van der Waals surface area contributed by atoms with Crippen LogP contribution in [0.3, 0.4) is 0 Å². The highest BCUT2D eigenvalue weighted by molar-refractivity contribution is 5.38. The maximum atomic E-state index is 9.98. The van der Waals surface area contributed by atoms with Crippen molar-refractivity contribution < 1.29 is 9.84 Å². The molecular weight excluding hydrogens is 230 g/mol. The molecule has 5 heteroatoms. The highest BCUT2D eigenvalue weighted by atomic mass is 16.5. The van der Waals surface area contributed by atoms with Crippen molar-refractivity contribution >= 4 is 5.82 Å². The Morgan fingerprint density at radius 1 is 1.56 bits per heavy atom. The summed E-state index contributed by atoms with van der Waals surface area (Å²) in [5.74, 6) is 2.17. The van der Waals surface area contributed by atoms with E-state index in [1.54, 1.807) is 11.8 Å². The van der Waals surface area contributed by atoms with Crippen molar-refractivity contribution in [2.24, 2.45) is 13.0 Å². The van der Waals surface area contributed by atoms with Gasteiger partial charge in [-0.1, -0.05) is 25.7 Å². The first kappa shape index (κ1) is 13.2. The minimum Gasteiger partial charge on any atom is -0.481 e. The number of nitrogens with one attached hydrogen (secondary N) is 1. The number of anilines is 1. The molecule has 2 rings (SSSR count). The van der Waals surface area contributed by atoms with Gasteiger partial charge in [0.15, 0.2) is 5.82 Å². The standard InChI is InChI=1S/C13H23N3O2/c1-16-13(18-2)8-12(15-16)14-9-11(17)7-10-5-3-4-6-10/h8,10-11,17H,3-7,9H2,1-2H3,(H,14,15). The van der Waals surface area contributed by atoms with Crippen LogP contribution < -0.4 is 10.1 Å². The van der Waals surface area contributed by atoms with E-state index in [9.17, 15) is 5.11 Å². The fraction of sp³-hybridized carbons (Fsp3) is 0.769. The monoisotopic (exact) mass is 253 g/mol. The smallest absolute Gasteiger partial charge is 0.213 e. The lowest BCUT2D eigenvalue weighted by atomic mass is 10.0. The Balaban J connectivity index is 1.75. The first-order valence-electron chi connectivity index (χ1n) is 6.69. The average Bonchev–Trinajstić information content (AvgIpc) is 2.96. The first-order chi connectivity index (χ1) is 8.69. The number of aromatic nitrogens is 2. The van der Waals surface area contributed by atoms with E-state index in [0.29, 0.717) is 18.3 Å². The summed E-state index contributed by atoms with van der Waals surface area (Å²) < 4.78 is 6.81. The second kappa shape index (κ2) is 6.09. The summed E-state index contributed by atoms with van der Waals surface area (Å²) in [6, 6.07) is 1.84. The zero-order chi connectivity index (χ0) is 13.0. The van der Waals surface area contributed by atoms with Crippen molar-refractivity contribution in [3.63, 3.8) is 0 Å². The molecule has 1 fully saturated rings. The van der Waals surface area contributed by atoms with Crippen LogP contribution in [-0.4, -0.2) is 34.6 Å². The summed E-state index contributed by atoms with van der Waals surface area (Å²) in [6.07, 6.45) is 5.80. The van der Waals surface area contributed by atoms with Gasteiger partial charge < -0.3 is 15.2 Å². The molecule has 102 valence electrons. The zero-order valence-electron chi connectivity index (χ0n) is 11.2. The largest absolute Gasteiger partial charge is 0.481 e. The lowest BCUT2D eigenvalue weighted by Crippen LogP contribution is -2.22. The third-order valence-corrected chi connectivity index (χ3v) is 3.64. The lowest BCUT2D eigenvalue weighted by Gasteiger charge is -2.15. The quantitative estimate of drug-likeness (QED) is 0.811. The summed E-state index contributed by atoms with van der Waals surface area (Å²) in [5, 5.41) is 17.4. The summed E-state index contributed by atoms with van der Waals surface area (Å²) in [4.78, 5) is 0. The van der Waals surface area contributed by atoms with Crippen molar-refractivity contribution in [3.8, 4) is 5.88 Å². The molecule has 0 radical (unpaired) electrons. The molecule has 1 aromatic heterocycles. The number of nitrogens with zero attached hydrogens (tertiary/aromatic N) is 2. The van der Waals surface area contributed by atoms with Crippen LogP contribution in [0, 0.1) is 5.92 Å². The Kier molecular flexibility index (Phi) is 4.47. The zero-order valence-corrected chi connectivity index (χ0v) is 11.2. The molecule has 0 bridgehead atoms. The van der Waals surface area contributed by atoms with Crippen LogP contribution in [-0.2, 0) is 7.05 Å². The van der Waals surface area contributed by atoms with Gasteiger partial charge in [0.1, 0.15) is 0 Å². The number of ether oxygens (including phenoxy) is 1. The number of aliphatic hydroxyl groups is 1. The molecule has 0 saturated heterocycles. The third-order valence-electron chi connectivity index (χ3n) is 3.64. The molecule has 0 aromatic carbocycles. The molecule has 1 aromatic rings. The minimum absolute atomic E-state index is 0.291. The molecule has 0 amide bonds. The second-order valence-corrected chi connectivity index (χ2v) is 5.12. The van der Waals surface area contributed by atoms with E-state index in [4.69, 9.17) is 4.74 Å². The van der Waals surface area contributed by atoms with Gasteiger partial charge in [-0.25, -0.2) is 4.68 Å². The Labute approximate surface area is 108 Å². The predicted octanol–water partition coefficient (Wildman–Crippen LogP) is 1.78. The van der Waals surface area contributed by atoms with Crippen LogP contribution in [0.15, 0.2) is 6.07 Å². The van der Waals surface area contributed by atoms with Gasteiger partial charge in [-0.05, 0) is 12.3 Å². The van der Waals surface area contributed by atoms with E-state index in [1.807, 2.05) is 13.1 Å². The summed E-state index contributed by atoms with van der Waals surface area (Å²) in [7, 11) is 3.45. The van der Waals surface area contributed by atoms with Gasteiger partial charge in [0.25, 0.3) is 0 Å². The highest BCUT2D eigenvalue weighted by Gasteiger charge is 2.18. The SMILES string of the molecule is COc1cc(NCC(O)CC2CCCC2)nn1C. The second-order valence-electron chi connectivity index (χ2n) is 5.12. The van der Waals surface area contributed by atoms with Gasteiger partial charge in [0.2, 0.25) is 5.88 Å². The number of methoxy groups -OCH3 is 1. The number of aliphatic hydroxyl groups excluding tert-OH is 1. The van der Waals surface area contributed by atoms with E-state index in [-0.39, 0.29) is 6.10 Å². The molecule has 5 nitrogen and oxygen atoms in total.